The number of hydrogen-bond donors (Lipinski definition) is 1. The number of hydrogen-bond acceptors (Lipinski definition) is 6. The summed E-state index contributed by atoms with van der Waals surface area (Å²) in [6, 6.07) is 8.51. The zero-order chi connectivity index (χ0) is 20.7. The molecule has 9 heteroatoms. The molecule has 0 bridgehead atoms. The zero-order valence-corrected chi connectivity index (χ0v) is 16.9. The summed E-state index contributed by atoms with van der Waals surface area (Å²) in [7, 11) is -3.60. The Balaban J connectivity index is 1.93. The van der Waals surface area contributed by atoms with Gasteiger partial charge in [-0.25, -0.2) is 13.2 Å². The van der Waals surface area contributed by atoms with Gasteiger partial charge in [0, 0.05) is 13.1 Å². The Bertz CT molecular complexity index is 887. The van der Waals surface area contributed by atoms with Crippen LogP contribution < -0.4 is 5.32 Å². The maximum absolute atomic E-state index is 12.4. The van der Waals surface area contributed by atoms with Gasteiger partial charge >= 0.3 is 5.97 Å². The number of amides is 1. The van der Waals surface area contributed by atoms with Crippen molar-refractivity contribution in [2.24, 2.45) is 0 Å². The first-order chi connectivity index (χ1) is 13.3. The van der Waals surface area contributed by atoms with Gasteiger partial charge in [-0.1, -0.05) is 13.8 Å². The van der Waals surface area contributed by atoms with Crippen LogP contribution >= 0.6 is 0 Å². The SMILES string of the molecule is CCN(CC)S(=O)(=O)c1ccc(C(=O)OCC(=O)N[C@@H](C)c2ccco2)cc1. The van der Waals surface area contributed by atoms with Gasteiger partial charge in [-0.15, -0.1) is 0 Å². The minimum atomic E-state index is -3.60. The van der Waals surface area contributed by atoms with E-state index in [9.17, 15) is 18.0 Å². The van der Waals surface area contributed by atoms with Crippen molar-refractivity contribution in [3.05, 3.63) is 54.0 Å². The molecule has 0 aliphatic rings. The Labute approximate surface area is 164 Å². The van der Waals surface area contributed by atoms with Crippen molar-refractivity contribution in [1.82, 2.24) is 9.62 Å². The molecule has 0 aliphatic carbocycles. The molecular weight excluding hydrogens is 384 g/mol. The van der Waals surface area contributed by atoms with Crippen molar-refractivity contribution in [2.75, 3.05) is 19.7 Å². The predicted molar refractivity (Wildman–Crippen MR) is 102 cm³/mol. The van der Waals surface area contributed by atoms with E-state index in [-0.39, 0.29) is 16.5 Å². The average molecular weight is 408 g/mol. The molecule has 0 spiro atoms. The highest BCUT2D eigenvalue weighted by Gasteiger charge is 2.22. The van der Waals surface area contributed by atoms with E-state index >= 15 is 0 Å². The molecule has 2 aromatic rings. The van der Waals surface area contributed by atoms with Crippen LogP contribution in [0.4, 0.5) is 0 Å². The van der Waals surface area contributed by atoms with Crippen molar-refractivity contribution in [2.45, 2.75) is 31.7 Å². The van der Waals surface area contributed by atoms with E-state index < -0.39 is 28.5 Å². The third-order valence-corrected chi connectivity index (χ3v) is 6.18. The van der Waals surface area contributed by atoms with Crippen molar-refractivity contribution >= 4 is 21.9 Å². The molecule has 0 fully saturated rings. The van der Waals surface area contributed by atoms with Gasteiger partial charge in [0.2, 0.25) is 10.0 Å². The van der Waals surface area contributed by atoms with Crippen LogP contribution in [-0.4, -0.2) is 44.3 Å². The number of ether oxygens (including phenoxy) is 1. The van der Waals surface area contributed by atoms with E-state index in [1.165, 1.54) is 34.8 Å². The fraction of sp³-hybridized carbons (Fsp3) is 0.368. The summed E-state index contributed by atoms with van der Waals surface area (Å²) >= 11 is 0. The number of nitrogens with one attached hydrogen (secondary N) is 1. The smallest absolute Gasteiger partial charge is 0.338 e. The number of esters is 1. The molecule has 152 valence electrons. The first kappa shape index (κ1) is 21.6. The lowest BCUT2D eigenvalue weighted by Gasteiger charge is -2.18. The standard InChI is InChI=1S/C19H24N2O6S/c1-4-21(5-2)28(24,25)16-10-8-15(9-11-16)19(23)27-13-18(22)20-14(3)17-7-6-12-26-17/h6-12,14H,4-5,13H2,1-3H3,(H,20,22)/t14-/m0/s1. The largest absolute Gasteiger partial charge is 0.467 e. The highest BCUT2D eigenvalue weighted by atomic mass is 32.2. The van der Waals surface area contributed by atoms with Crippen LogP contribution in [0.25, 0.3) is 0 Å². The first-order valence-corrected chi connectivity index (χ1v) is 10.3. The summed E-state index contributed by atoms with van der Waals surface area (Å²) in [5, 5.41) is 2.65. The normalized spacial score (nSPS) is 12.6. The highest BCUT2D eigenvalue weighted by molar-refractivity contribution is 7.89. The molecule has 2 rings (SSSR count). The molecule has 1 atom stereocenters. The molecular formula is C19H24N2O6S. The molecule has 0 saturated carbocycles. The van der Waals surface area contributed by atoms with Gasteiger partial charge in [0.25, 0.3) is 5.91 Å². The fourth-order valence-electron chi connectivity index (χ4n) is 2.58. The van der Waals surface area contributed by atoms with Crippen LogP contribution in [-0.2, 0) is 19.6 Å². The Kier molecular flexibility index (Phi) is 7.36. The third-order valence-electron chi connectivity index (χ3n) is 4.12. The number of rotatable bonds is 9. The number of nitrogens with zero attached hydrogens (tertiary/aromatic N) is 1. The second-order valence-electron chi connectivity index (χ2n) is 5.99. The molecule has 1 N–H and O–H groups in total. The second kappa shape index (κ2) is 9.52. The Morgan fingerprint density at radius 2 is 1.79 bits per heavy atom. The first-order valence-electron chi connectivity index (χ1n) is 8.89. The molecule has 0 saturated heterocycles. The molecule has 1 heterocycles. The number of sulfonamides is 1. The summed E-state index contributed by atoms with van der Waals surface area (Å²) in [6.45, 7) is 5.51. The van der Waals surface area contributed by atoms with Gasteiger partial charge in [0.15, 0.2) is 6.61 Å². The molecule has 0 aliphatic heterocycles. The van der Waals surface area contributed by atoms with Crippen LogP contribution in [0.3, 0.4) is 0 Å². The molecule has 0 radical (unpaired) electrons. The van der Waals surface area contributed by atoms with Crippen molar-refractivity contribution in [3.63, 3.8) is 0 Å². The third kappa shape index (κ3) is 5.20. The number of benzene rings is 1. The molecule has 8 nitrogen and oxygen atoms in total. The second-order valence-corrected chi connectivity index (χ2v) is 7.93. The summed E-state index contributed by atoms with van der Waals surface area (Å²) in [4.78, 5) is 24.1. The number of furan rings is 1. The van der Waals surface area contributed by atoms with E-state index in [0.717, 1.165) is 0 Å². The van der Waals surface area contributed by atoms with E-state index in [4.69, 9.17) is 9.15 Å². The van der Waals surface area contributed by atoms with Crippen LogP contribution in [0.5, 0.6) is 0 Å². The van der Waals surface area contributed by atoms with E-state index in [1.807, 2.05) is 0 Å². The lowest BCUT2D eigenvalue weighted by atomic mass is 10.2. The summed E-state index contributed by atoms with van der Waals surface area (Å²) in [6.07, 6.45) is 1.50. The molecule has 0 unspecified atom stereocenters. The molecule has 1 amide bonds. The van der Waals surface area contributed by atoms with Gasteiger partial charge < -0.3 is 14.5 Å². The number of carbonyl (C=O) groups is 2. The zero-order valence-electron chi connectivity index (χ0n) is 16.0. The van der Waals surface area contributed by atoms with Gasteiger partial charge in [0.1, 0.15) is 5.76 Å². The topological polar surface area (TPSA) is 106 Å². The lowest BCUT2D eigenvalue weighted by Crippen LogP contribution is -2.31. The van der Waals surface area contributed by atoms with E-state index in [1.54, 1.807) is 32.9 Å². The van der Waals surface area contributed by atoms with Crippen LogP contribution in [0.2, 0.25) is 0 Å². The highest BCUT2D eigenvalue weighted by Crippen LogP contribution is 2.17. The Morgan fingerprint density at radius 1 is 1.14 bits per heavy atom. The summed E-state index contributed by atoms with van der Waals surface area (Å²) in [5.41, 5.74) is 0.158. The minimum absolute atomic E-state index is 0.0952. The summed E-state index contributed by atoms with van der Waals surface area (Å²) < 4.78 is 36.4. The van der Waals surface area contributed by atoms with Crippen LogP contribution in [0, 0.1) is 0 Å². The van der Waals surface area contributed by atoms with Gasteiger partial charge in [-0.3, -0.25) is 4.79 Å². The maximum atomic E-state index is 12.4. The Morgan fingerprint density at radius 3 is 2.32 bits per heavy atom. The van der Waals surface area contributed by atoms with Crippen LogP contribution in [0.15, 0.2) is 52.0 Å². The fourth-order valence-corrected chi connectivity index (χ4v) is 4.04. The average Bonchev–Trinajstić information content (AvgIpc) is 3.22. The Hall–Kier alpha value is -2.65. The minimum Gasteiger partial charge on any atom is -0.467 e. The quantitative estimate of drug-likeness (QED) is 0.639. The predicted octanol–water partition coefficient (Wildman–Crippen LogP) is 2.34. The molecule has 1 aromatic carbocycles. The number of carbonyl (C=O) groups excluding carboxylic acids is 2. The monoisotopic (exact) mass is 408 g/mol. The summed E-state index contributed by atoms with van der Waals surface area (Å²) in [5.74, 6) is -0.602. The van der Waals surface area contributed by atoms with Gasteiger partial charge in [0.05, 0.1) is 22.8 Å². The van der Waals surface area contributed by atoms with E-state index in [0.29, 0.717) is 18.8 Å². The van der Waals surface area contributed by atoms with Crippen LogP contribution in [0.1, 0.15) is 42.9 Å². The van der Waals surface area contributed by atoms with Gasteiger partial charge in [-0.05, 0) is 43.3 Å². The lowest BCUT2D eigenvalue weighted by molar-refractivity contribution is -0.125. The maximum Gasteiger partial charge on any atom is 0.338 e. The van der Waals surface area contributed by atoms with Crippen molar-refractivity contribution < 1.29 is 27.2 Å². The molecule has 1 aromatic heterocycles. The molecule has 28 heavy (non-hydrogen) atoms. The van der Waals surface area contributed by atoms with Gasteiger partial charge in [-0.2, -0.15) is 4.31 Å². The van der Waals surface area contributed by atoms with E-state index in [2.05, 4.69) is 5.32 Å². The van der Waals surface area contributed by atoms with Crippen molar-refractivity contribution in [1.29, 1.82) is 0 Å². The van der Waals surface area contributed by atoms with Crippen molar-refractivity contribution in [3.8, 4) is 0 Å².